The van der Waals surface area contributed by atoms with Gasteiger partial charge >= 0.3 is 5.97 Å². The van der Waals surface area contributed by atoms with Gasteiger partial charge < -0.3 is 10.4 Å². The molecule has 0 unspecified atom stereocenters. The van der Waals surface area contributed by atoms with Crippen LogP contribution in [0.15, 0.2) is 34.8 Å². The SMILES string of the molecule is Cc1ccc(NC(=O)[C@@H]2[C@@H](C(=O)O)[C@H]3C=C[C@@H]2C3)c(Br)c1. The normalized spacial score (nSPS) is 29.6. The standard InChI is InChI=1S/C16H16BrNO3/c1-8-2-5-12(11(17)6-8)18-15(19)13-9-3-4-10(7-9)14(13)16(20)21/h2-6,9-10,13-14H,7H2,1H3,(H,18,19)(H,20,21)/t9-,10+,13+,14+/m1/s1. The first-order valence-corrected chi connectivity index (χ1v) is 7.75. The van der Waals surface area contributed by atoms with Crippen LogP contribution in [0.1, 0.15) is 12.0 Å². The van der Waals surface area contributed by atoms with Gasteiger partial charge in [-0.1, -0.05) is 18.2 Å². The minimum Gasteiger partial charge on any atom is -0.481 e. The highest BCUT2D eigenvalue weighted by atomic mass is 79.9. The summed E-state index contributed by atoms with van der Waals surface area (Å²) in [6.45, 7) is 1.97. The maximum atomic E-state index is 12.5. The predicted molar refractivity (Wildman–Crippen MR) is 82.9 cm³/mol. The van der Waals surface area contributed by atoms with Gasteiger partial charge in [0.25, 0.3) is 0 Å². The molecule has 2 bridgehead atoms. The molecule has 1 aromatic carbocycles. The molecule has 21 heavy (non-hydrogen) atoms. The lowest BCUT2D eigenvalue weighted by atomic mass is 9.82. The largest absolute Gasteiger partial charge is 0.481 e. The number of carbonyl (C=O) groups is 2. The van der Waals surface area contributed by atoms with E-state index < -0.39 is 17.8 Å². The molecule has 1 amide bonds. The molecule has 1 fully saturated rings. The molecule has 2 aliphatic rings. The van der Waals surface area contributed by atoms with E-state index in [1.165, 1.54) is 0 Å². The summed E-state index contributed by atoms with van der Waals surface area (Å²) in [5.74, 6) is -2.14. The molecule has 4 nitrogen and oxygen atoms in total. The van der Waals surface area contributed by atoms with Crippen LogP contribution in [0.4, 0.5) is 5.69 Å². The Hall–Kier alpha value is -1.62. The number of aliphatic carboxylic acids is 1. The molecule has 1 saturated carbocycles. The van der Waals surface area contributed by atoms with Gasteiger partial charge in [-0.15, -0.1) is 0 Å². The summed E-state index contributed by atoms with van der Waals surface area (Å²) in [7, 11) is 0. The molecule has 2 aliphatic carbocycles. The van der Waals surface area contributed by atoms with Crippen molar-refractivity contribution in [3.63, 3.8) is 0 Å². The third kappa shape index (κ3) is 2.50. The zero-order valence-corrected chi connectivity index (χ0v) is 13.1. The first-order chi connectivity index (χ1) is 9.97. The van der Waals surface area contributed by atoms with E-state index >= 15 is 0 Å². The number of allylic oxidation sites excluding steroid dienone is 2. The zero-order chi connectivity index (χ0) is 15.1. The average Bonchev–Trinajstić information content (AvgIpc) is 3.02. The van der Waals surface area contributed by atoms with Crippen LogP contribution in [0.2, 0.25) is 0 Å². The summed E-state index contributed by atoms with van der Waals surface area (Å²) in [5.41, 5.74) is 1.77. The number of carbonyl (C=O) groups excluding carboxylic acids is 1. The fraction of sp³-hybridized carbons (Fsp3) is 0.375. The average molecular weight is 350 g/mol. The summed E-state index contributed by atoms with van der Waals surface area (Å²) < 4.78 is 0.807. The Balaban J connectivity index is 1.82. The summed E-state index contributed by atoms with van der Waals surface area (Å²) in [6, 6.07) is 5.66. The summed E-state index contributed by atoms with van der Waals surface area (Å²) in [5, 5.41) is 12.3. The molecule has 0 radical (unpaired) electrons. The van der Waals surface area contributed by atoms with Gasteiger partial charge in [-0.3, -0.25) is 9.59 Å². The van der Waals surface area contributed by atoms with Gasteiger partial charge in [0.15, 0.2) is 0 Å². The van der Waals surface area contributed by atoms with Crippen LogP contribution in [0.3, 0.4) is 0 Å². The van der Waals surface area contributed by atoms with Crippen molar-refractivity contribution in [2.45, 2.75) is 13.3 Å². The Morgan fingerprint density at radius 2 is 1.90 bits per heavy atom. The van der Waals surface area contributed by atoms with Gasteiger partial charge in [-0.25, -0.2) is 0 Å². The van der Waals surface area contributed by atoms with E-state index in [-0.39, 0.29) is 17.7 Å². The number of amides is 1. The highest BCUT2D eigenvalue weighted by molar-refractivity contribution is 9.10. The highest BCUT2D eigenvalue weighted by Gasteiger charge is 2.51. The van der Waals surface area contributed by atoms with Crippen LogP contribution in [-0.4, -0.2) is 17.0 Å². The Kier molecular flexibility index (Phi) is 3.61. The van der Waals surface area contributed by atoms with Crippen LogP contribution in [0.5, 0.6) is 0 Å². The van der Waals surface area contributed by atoms with E-state index in [2.05, 4.69) is 21.2 Å². The van der Waals surface area contributed by atoms with Crippen molar-refractivity contribution in [2.75, 3.05) is 5.32 Å². The van der Waals surface area contributed by atoms with Gasteiger partial charge in [-0.2, -0.15) is 0 Å². The number of carboxylic acids is 1. The fourth-order valence-corrected chi connectivity index (χ4v) is 4.05. The first-order valence-electron chi connectivity index (χ1n) is 6.95. The lowest BCUT2D eigenvalue weighted by molar-refractivity contribution is -0.146. The van der Waals surface area contributed by atoms with Crippen molar-refractivity contribution in [1.82, 2.24) is 0 Å². The van der Waals surface area contributed by atoms with Crippen LogP contribution < -0.4 is 5.32 Å². The summed E-state index contributed by atoms with van der Waals surface area (Å²) in [6.07, 6.45) is 4.69. The van der Waals surface area contributed by atoms with E-state index in [0.29, 0.717) is 5.69 Å². The van der Waals surface area contributed by atoms with Crippen molar-refractivity contribution < 1.29 is 14.7 Å². The molecule has 0 spiro atoms. The lowest BCUT2D eigenvalue weighted by Gasteiger charge is -2.24. The molecule has 5 heteroatoms. The van der Waals surface area contributed by atoms with Crippen LogP contribution >= 0.6 is 15.9 Å². The second-order valence-electron chi connectivity index (χ2n) is 5.81. The number of hydrogen-bond acceptors (Lipinski definition) is 2. The fourth-order valence-electron chi connectivity index (χ4n) is 3.45. The molecule has 1 aromatic rings. The topological polar surface area (TPSA) is 66.4 Å². The Labute approximate surface area is 131 Å². The molecule has 4 atom stereocenters. The monoisotopic (exact) mass is 349 g/mol. The Bertz CT molecular complexity index is 640. The van der Waals surface area contributed by atoms with E-state index in [1.54, 1.807) is 0 Å². The van der Waals surface area contributed by atoms with Crippen LogP contribution in [0, 0.1) is 30.6 Å². The molecule has 110 valence electrons. The van der Waals surface area contributed by atoms with Gasteiger partial charge in [-0.05, 0) is 58.8 Å². The number of anilines is 1. The smallest absolute Gasteiger partial charge is 0.307 e. The molecule has 0 heterocycles. The number of carboxylic acid groups (broad SMARTS) is 1. The minimum absolute atomic E-state index is 0.00953. The maximum Gasteiger partial charge on any atom is 0.307 e. The van der Waals surface area contributed by atoms with Crippen molar-refractivity contribution in [2.24, 2.45) is 23.7 Å². The number of benzene rings is 1. The first kappa shape index (κ1) is 14.3. The molecular weight excluding hydrogens is 334 g/mol. The number of fused-ring (bicyclic) bond motifs is 2. The van der Waals surface area contributed by atoms with E-state index in [1.807, 2.05) is 37.3 Å². The van der Waals surface area contributed by atoms with E-state index in [4.69, 9.17) is 0 Å². The van der Waals surface area contributed by atoms with Gasteiger partial charge in [0.1, 0.15) is 0 Å². The molecule has 0 saturated heterocycles. The zero-order valence-electron chi connectivity index (χ0n) is 11.5. The third-order valence-electron chi connectivity index (χ3n) is 4.43. The maximum absolute atomic E-state index is 12.5. The van der Waals surface area contributed by atoms with E-state index in [0.717, 1.165) is 16.5 Å². The number of rotatable bonds is 3. The number of hydrogen-bond donors (Lipinski definition) is 2. The molecule has 0 aliphatic heterocycles. The predicted octanol–water partition coefficient (Wildman–Crippen LogP) is 3.22. The molecule has 2 N–H and O–H groups in total. The minimum atomic E-state index is -0.880. The number of halogens is 1. The lowest BCUT2D eigenvalue weighted by Crippen LogP contribution is -2.36. The van der Waals surface area contributed by atoms with Crippen molar-refractivity contribution >= 4 is 33.5 Å². The van der Waals surface area contributed by atoms with E-state index in [9.17, 15) is 14.7 Å². The van der Waals surface area contributed by atoms with Gasteiger partial charge in [0, 0.05) is 4.47 Å². The van der Waals surface area contributed by atoms with Crippen molar-refractivity contribution in [3.05, 3.63) is 40.4 Å². The Morgan fingerprint density at radius 3 is 2.52 bits per heavy atom. The second kappa shape index (κ2) is 5.30. The molecule has 3 rings (SSSR count). The number of aryl methyl sites for hydroxylation is 1. The number of nitrogens with one attached hydrogen (secondary N) is 1. The summed E-state index contributed by atoms with van der Waals surface area (Å²) in [4.78, 5) is 24.0. The van der Waals surface area contributed by atoms with Gasteiger partial charge in [0.2, 0.25) is 5.91 Å². The summed E-state index contributed by atoms with van der Waals surface area (Å²) >= 11 is 3.42. The van der Waals surface area contributed by atoms with Crippen molar-refractivity contribution in [1.29, 1.82) is 0 Å². The van der Waals surface area contributed by atoms with Crippen molar-refractivity contribution in [3.8, 4) is 0 Å². The molecular formula is C16H16BrNO3. The quantitative estimate of drug-likeness (QED) is 0.823. The van der Waals surface area contributed by atoms with Crippen LogP contribution in [-0.2, 0) is 9.59 Å². The molecule has 0 aromatic heterocycles. The Morgan fingerprint density at radius 1 is 1.24 bits per heavy atom. The second-order valence-corrected chi connectivity index (χ2v) is 6.67. The third-order valence-corrected chi connectivity index (χ3v) is 5.09. The van der Waals surface area contributed by atoms with Gasteiger partial charge in [0.05, 0.1) is 17.5 Å². The van der Waals surface area contributed by atoms with Crippen LogP contribution in [0.25, 0.3) is 0 Å². The highest BCUT2D eigenvalue weighted by Crippen LogP contribution is 2.48.